The van der Waals surface area contributed by atoms with Gasteiger partial charge in [-0.1, -0.05) is 15.9 Å². The normalized spacial score (nSPS) is 16.6. The van der Waals surface area contributed by atoms with Crippen LogP contribution in [0.15, 0.2) is 27.6 Å². The Labute approximate surface area is 107 Å². The zero-order valence-electron chi connectivity index (χ0n) is 8.69. The minimum atomic E-state index is -4.05. The Hall–Kier alpha value is -0.950. The second-order valence-corrected chi connectivity index (χ2v) is 6.40. The predicted octanol–water partition coefficient (Wildman–Crippen LogP) is 1.90. The summed E-state index contributed by atoms with van der Waals surface area (Å²) < 4.78 is 38.8. The van der Waals surface area contributed by atoms with Crippen LogP contribution in [0.3, 0.4) is 0 Å². The van der Waals surface area contributed by atoms with Crippen molar-refractivity contribution in [2.24, 2.45) is 0 Å². The molecule has 7 heteroatoms. The van der Waals surface area contributed by atoms with Crippen LogP contribution in [-0.2, 0) is 14.8 Å². The van der Waals surface area contributed by atoms with Gasteiger partial charge in [0.25, 0.3) is 10.0 Å². The Morgan fingerprint density at radius 2 is 2.06 bits per heavy atom. The van der Waals surface area contributed by atoms with E-state index in [1.165, 1.54) is 6.07 Å². The van der Waals surface area contributed by atoms with E-state index in [2.05, 4.69) is 15.9 Å². The molecule has 1 aliphatic rings. The molecular weight excluding hydrogens is 313 g/mol. The van der Waals surface area contributed by atoms with Crippen molar-refractivity contribution in [1.29, 1.82) is 0 Å². The summed E-state index contributed by atoms with van der Waals surface area (Å²) in [6.07, 6.45) is 0.674. The van der Waals surface area contributed by atoms with Gasteiger partial charge in [0, 0.05) is 17.4 Å². The molecule has 0 radical (unpaired) electrons. The van der Waals surface area contributed by atoms with Gasteiger partial charge in [-0.25, -0.2) is 17.1 Å². The fraction of sp³-hybridized carbons (Fsp3) is 0.300. The summed E-state index contributed by atoms with van der Waals surface area (Å²) in [6, 6.07) is 3.64. The van der Waals surface area contributed by atoms with Crippen LogP contribution in [0.1, 0.15) is 12.8 Å². The molecule has 1 aromatic carbocycles. The summed E-state index contributed by atoms with van der Waals surface area (Å²) in [7, 11) is -4.05. The van der Waals surface area contributed by atoms with Gasteiger partial charge in [-0.15, -0.1) is 0 Å². The maximum Gasteiger partial charge on any atom is 0.269 e. The van der Waals surface area contributed by atoms with Gasteiger partial charge in [0.05, 0.1) is 0 Å². The Morgan fingerprint density at radius 1 is 1.35 bits per heavy atom. The van der Waals surface area contributed by atoms with Crippen LogP contribution in [-0.4, -0.2) is 25.2 Å². The van der Waals surface area contributed by atoms with Crippen LogP contribution < -0.4 is 0 Å². The Bertz CT molecular complexity index is 573. The first-order chi connectivity index (χ1) is 7.93. The van der Waals surface area contributed by atoms with Crippen LogP contribution in [0.5, 0.6) is 0 Å². The van der Waals surface area contributed by atoms with E-state index in [0.717, 1.165) is 16.4 Å². The van der Waals surface area contributed by atoms with Crippen molar-refractivity contribution in [3.8, 4) is 0 Å². The Balaban J connectivity index is 2.48. The molecule has 0 aliphatic carbocycles. The molecule has 4 nitrogen and oxygen atoms in total. The van der Waals surface area contributed by atoms with E-state index >= 15 is 0 Å². The molecule has 2 rings (SSSR count). The van der Waals surface area contributed by atoms with Crippen molar-refractivity contribution in [2.45, 2.75) is 17.7 Å². The second kappa shape index (κ2) is 4.38. The molecule has 92 valence electrons. The number of hydrogen-bond acceptors (Lipinski definition) is 3. The molecule has 0 atom stereocenters. The lowest BCUT2D eigenvalue weighted by Gasteiger charge is -2.16. The summed E-state index contributed by atoms with van der Waals surface area (Å²) >= 11 is 3.04. The highest BCUT2D eigenvalue weighted by Crippen LogP contribution is 2.25. The summed E-state index contributed by atoms with van der Waals surface area (Å²) in [6.45, 7) is 0.122. The van der Waals surface area contributed by atoms with E-state index in [0.29, 0.717) is 10.9 Å². The number of hydrogen-bond donors (Lipinski definition) is 0. The standard InChI is InChI=1S/C10H9BrFNO3S/c11-7-3-4-9(8(12)6-7)17(15,16)13-5-1-2-10(13)14/h3-4,6H,1-2,5H2. The smallest absolute Gasteiger partial charge is 0.269 e. The van der Waals surface area contributed by atoms with Crippen molar-refractivity contribution >= 4 is 31.9 Å². The van der Waals surface area contributed by atoms with Crippen LogP contribution in [0, 0.1) is 5.82 Å². The molecule has 17 heavy (non-hydrogen) atoms. The third-order valence-electron chi connectivity index (χ3n) is 2.49. The fourth-order valence-corrected chi connectivity index (χ4v) is 3.53. The molecule has 0 aromatic heterocycles. The SMILES string of the molecule is O=C1CCCN1S(=O)(=O)c1ccc(Br)cc1F. The lowest BCUT2D eigenvalue weighted by Crippen LogP contribution is -2.32. The molecule has 1 heterocycles. The summed E-state index contributed by atoms with van der Waals surface area (Å²) in [5.41, 5.74) is 0. The van der Waals surface area contributed by atoms with E-state index in [1.807, 2.05) is 0 Å². The molecule has 0 bridgehead atoms. The number of nitrogens with zero attached hydrogens (tertiary/aromatic N) is 1. The molecule has 0 unspecified atom stereocenters. The first kappa shape index (κ1) is 12.5. The minimum absolute atomic E-state index is 0.122. The average Bonchev–Trinajstić information content (AvgIpc) is 2.64. The zero-order valence-corrected chi connectivity index (χ0v) is 11.1. The lowest BCUT2D eigenvalue weighted by atomic mass is 10.3. The van der Waals surface area contributed by atoms with E-state index in [-0.39, 0.29) is 13.0 Å². The van der Waals surface area contributed by atoms with Crippen molar-refractivity contribution in [2.75, 3.05) is 6.54 Å². The maximum absolute atomic E-state index is 13.6. The Morgan fingerprint density at radius 3 is 2.59 bits per heavy atom. The molecule has 1 fully saturated rings. The predicted molar refractivity (Wildman–Crippen MR) is 62.2 cm³/mol. The molecule has 1 aliphatic heterocycles. The zero-order chi connectivity index (χ0) is 12.6. The van der Waals surface area contributed by atoms with Crippen molar-refractivity contribution in [1.82, 2.24) is 4.31 Å². The summed E-state index contributed by atoms with van der Waals surface area (Å²) in [5, 5.41) is 0. The summed E-state index contributed by atoms with van der Waals surface area (Å²) in [5.74, 6) is -1.34. The molecular formula is C10H9BrFNO3S. The van der Waals surface area contributed by atoms with Crippen LogP contribution in [0.2, 0.25) is 0 Å². The highest BCUT2D eigenvalue weighted by Gasteiger charge is 2.34. The lowest BCUT2D eigenvalue weighted by molar-refractivity contribution is -0.123. The number of halogens is 2. The molecule has 1 amide bonds. The van der Waals surface area contributed by atoms with Gasteiger partial charge in [0.2, 0.25) is 5.91 Å². The minimum Gasteiger partial charge on any atom is -0.274 e. The van der Waals surface area contributed by atoms with E-state index < -0.39 is 26.6 Å². The van der Waals surface area contributed by atoms with E-state index in [4.69, 9.17) is 0 Å². The third kappa shape index (κ3) is 2.21. The molecule has 0 saturated carbocycles. The number of sulfonamides is 1. The molecule has 0 N–H and O–H groups in total. The highest BCUT2D eigenvalue weighted by atomic mass is 79.9. The van der Waals surface area contributed by atoms with Gasteiger partial charge in [0.1, 0.15) is 10.7 Å². The first-order valence-corrected chi connectivity index (χ1v) is 7.17. The number of rotatable bonds is 2. The van der Waals surface area contributed by atoms with Crippen molar-refractivity contribution in [3.05, 3.63) is 28.5 Å². The average molecular weight is 322 g/mol. The van der Waals surface area contributed by atoms with E-state index in [1.54, 1.807) is 0 Å². The largest absolute Gasteiger partial charge is 0.274 e. The van der Waals surface area contributed by atoms with Gasteiger partial charge in [-0.3, -0.25) is 4.79 Å². The van der Waals surface area contributed by atoms with Crippen LogP contribution in [0.25, 0.3) is 0 Å². The van der Waals surface area contributed by atoms with Gasteiger partial charge in [-0.05, 0) is 24.6 Å². The topological polar surface area (TPSA) is 54.5 Å². The molecule has 0 spiro atoms. The first-order valence-electron chi connectivity index (χ1n) is 4.93. The molecule has 1 saturated heterocycles. The van der Waals surface area contributed by atoms with Gasteiger partial charge in [0.15, 0.2) is 0 Å². The fourth-order valence-electron chi connectivity index (χ4n) is 1.68. The van der Waals surface area contributed by atoms with Crippen LogP contribution >= 0.6 is 15.9 Å². The Kier molecular flexibility index (Phi) is 3.22. The number of benzene rings is 1. The number of amides is 1. The summed E-state index contributed by atoms with van der Waals surface area (Å²) in [4.78, 5) is 10.9. The van der Waals surface area contributed by atoms with Gasteiger partial charge >= 0.3 is 0 Å². The number of carbonyl (C=O) groups excluding carboxylic acids is 1. The quantitative estimate of drug-likeness (QED) is 0.836. The van der Waals surface area contributed by atoms with Gasteiger partial charge < -0.3 is 0 Å². The van der Waals surface area contributed by atoms with Gasteiger partial charge in [-0.2, -0.15) is 0 Å². The van der Waals surface area contributed by atoms with Crippen LogP contribution in [0.4, 0.5) is 4.39 Å². The highest BCUT2D eigenvalue weighted by molar-refractivity contribution is 9.10. The van der Waals surface area contributed by atoms with Crippen molar-refractivity contribution in [3.63, 3.8) is 0 Å². The maximum atomic E-state index is 13.6. The molecule has 1 aromatic rings. The monoisotopic (exact) mass is 321 g/mol. The van der Waals surface area contributed by atoms with E-state index in [9.17, 15) is 17.6 Å². The van der Waals surface area contributed by atoms with Crippen molar-refractivity contribution < 1.29 is 17.6 Å². The third-order valence-corrected chi connectivity index (χ3v) is 4.84. The number of carbonyl (C=O) groups is 1. The second-order valence-electron chi connectivity index (χ2n) is 3.65.